The van der Waals surface area contributed by atoms with Gasteiger partial charge in [0.2, 0.25) is 0 Å². The van der Waals surface area contributed by atoms with Crippen molar-refractivity contribution in [1.82, 2.24) is 0 Å². The molecule has 0 bridgehead atoms. The first-order chi connectivity index (χ1) is 3.37. The van der Waals surface area contributed by atoms with Gasteiger partial charge in [0.05, 0.1) is 0 Å². The molecule has 2 aliphatic rings. The summed E-state index contributed by atoms with van der Waals surface area (Å²) in [5.41, 5.74) is 2.20. The van der Waals surface area contributed by atoms with Gasteiger partial charge in [-0.05, 0) is 19.3 Å². The number of aliphatic imine (C=N–C) groups is 1. The molecular weight excluding hydrogens is 86.1 g/mol. The van der Waals surface area contributed by atoms with Crippen LogP contribution in [-0.4, -0.2) is 12.8 Å². The maximum atomic E-state index is 4.13. The van der Waals surface area contributed by atoms with Crippen LogP contribution in [0, 0.1) is 5.41 Å². The predicted molar refractivity (Wildman–Crippen MR) is 29.6 cm³/mol. The van der Waals surface area contributed by atoms with Gasteiger partial charge in [0, 0.05) is 18.2 Å². The van der Waals surface area contributed by atoms with Crippen LogP contribution in [0.5, 0.6) is 0 Å². The van der Waals surface area contributed by atoms with Crippen LogP contribution in [0.1, 0.15) is 19.3 Å². The lowest BCUT2D eigenvalue weighted by Crippen LogP contribution is -1.70. The first kappa shape index (κ1) is 3.65. The summed E-state index contributed by atoms with van der Waals surface area (Å²) in [5.74, 6) is 0. The number of hydrogen-bond acceptors (Lipinski definition) is 1. The van der Waals surface area contributed by atoms with E-state index in [2.05, 4.69) is 4.99 Å². The van der Waals surface area contributed by atoms with Crippen molar-refractivity contribution in [2.24, 2.45) is 10.4 Å². The highest BCUT2D eigenvalue weighted by molar-refractivity contribution is 6.07. The molecule has 2 aliphatic carbocycles. The van der Waals surface area contributed by atoms with Crippen LogP contribution in [0.3, 0.4) is 0 Å². The van der Waals surface area contributed by atoms with Crippen molar-refractivity contribution in [3.8, 4) is 0 Å². The van der Waals surface area contributed by atoms with Gasteiger partial charge in [0.15, 0.2) is 0 Å². The molecule has 1 heteroatoms. The Balaban J connectivity index is 2.23. The van der Waals surface area contributed by atoms with Crippen LogP contribution < -0.4 is 0 Å². The molecule has 1 spiro atoms. The maximum Gasteiger partial charge on any atom is 0.0276 e. The van der Waals surface area contributed by atoms with Crippen LogP contribution in [0.4, 0.5) is 0 Å². The summed E-state index contributed by atoms with van der Waals surface area (Å²) in [6.07, 6.45) is 4.18. The Bertz CT molecular complexity index is 131. The van der Waals surface area contributed by atoms with E-state index in [0.717, 1.165) is 5.41 Å². The molecule has 0 aromatic rings. The fourth-order valence-corrected chi connectivity index (χ4v) is 1.21. The Morgan fingerprint density at radius 3 is 2.43 bits per heavy atom. The summed E-state index contributed by atoms with van der Waals surface area (Å²) >= 11 is 0. The largest absolute Gasteiger partial charge is 0.297 e. The average molecular weight is 95.1 g/mol. The Morgan fingerprint density at radius 1 is 1.57 bits per heavy atom. The third-order valence-corrected chi connectivity index (χ3v) is 2.12. The topological polar surface area (TPSA) is 12.4 Å². The van der Waals surface area contributed by atoms with Crippen LogP contribution >= 0.6 is 0 Å². The lowest BCUT2D eigenvalue weighted by Gasteiger charge is -1.68. The van der Waals surface area contributed by atoms with Crippen LogP contribution in [0.25, 0.3) is 0 Å². The Labute approximate surface area is 43.4 Å². The highest BCUT2D eigenvalue weighted by atomic mass is 14.8. The summed E-state index contributed by atoms with van der Waals surface area (Å²) in [5, 5.41) is 0. The molecule has 0 aliphatic heterocycles. The molecule has 0 aromatic carbocycles. The predicted octanol–water partition coefficient (Wildman–Crippen LogP) is 1.24. The molecule has 0 heterocycles. The van der Waals surface area contributed by atoms with E-state index < -0.39 is 0 Å². The summed E-state index contributed by atoms with van der Waals surface area (Å²) in [6, 6.07) is 0. The first-order valence-electron chi connectivity index (χ1n) is 2.84. The minimum absolute atomic E-state index is 0.717. The smallest absolute Gasteiger partial charge is 0.0276 e. The highest BCUT2D eigenvalue weighted by Gasteiger charge is 2.59. The Kier molecular flexibility index (Phi) is 0.401. The second kappa shape index (κ2) is 0.770. The van der Waals surface area contributed by atoms with E-state index in [1.54, 1.807) is 0 Å². The minimum atomic E-state index is 0.717. The number of nitrogens with zero attached hydrogens (tertiary/aromatic N) is 1. The van der Waals surface area contributed by atoms with Crippen LogP contribution in [0.15, 0.2) is 4.99 Å². The van der Waals surface area contributed by atoms with Crippen LogP contribution in [0.2, 0.25) is 0 Å². The van der Waals surface area contributed by atoms with Gasteiger partial charge in [-0.15, -0.1) is 0 Å². The standard InChI is InChI=1S/C6H9N/c1-7-5-4-6(5)2-3-6/h2-4H2,1H3. The zero-order valence-corrected chi connectivity index (χ0v) is 4.57. The van der Waals surface area contributed by atoms with Crippen molar-refractivity contribution in [2.75, 3.05) is 7.05 Å². The minimum Gasteiger partial charge on any atom is -0.297 e. The molecule has 0 amide bonds. The summed E-state index contributed by atoms with van der Waals surface area (Å²) < 4.78 is 0. The molecule has 0 aromatic heterocycles. The maximum absolute atomic E-state index is 4.13. The highest BCUT2D eigenvalue weighted by Crippen LogP contribution is 2.63. The van der Waals surface area contributed by atoms with E-state index in [-0.39, 0.29) is 0 Å². The van der Waals surface area contributed by atoms with Crippen molar-refractivity contribution >= 4 is 5.71 Å². The van der Waals surface area contributed by atoms with Gasteiger partial charge in [-0.3, -0.25) is 4.99 Å². The van der Waals surface area contributed by atoms with Gasteiger partial charge in [0.25, 0.3) is 0 Å². The lowest BCUT2D eigenvalue weighted by atomic mass is 10.4. The molecule has 1 nitrogen and oxygen atoms in total. The first-order valence-corrected chi connectivity index (χ1v) is 2.84. The molecule has 2 rings (SSSR count). The van der Waals surface area contributed by atoms with E-state index in [4.69, 9.17) is 0 Å². The molecule has 0 atom stereocenters. The zero-order valence-electron chi connectivity index (χ0n) is 4.57. The van der Waals surface area contributed by atoms with Crippen molar-refractivity contribution in [1.29, 1.82) is 0 Å². The molecule has 0 unspecified atom stereocenters. The van der Waals surface area contributed by atoms with E-state index in [1.165, 1.54) is 25.0 Å². The molecule has 38 valence electrons. The van der Waals surface area contributed by atoms with Crippen molar-refractivity contribution < 1.29 is 0 Å². The molecule has 7 heavy (non-hydrogen) atoms. The van der Waals surface area contributed by atoms with Crippen molar-refractivity contribution in [3.63, 3.8) is 0 Å². The Hall–Kier alpha value is -0.330. The SMILES string of the molecule is CN=C1CC12CC2. The van der Waals surface area contributed by atoms with Gasteiger partial charge in [-0.1, -0.05) is 0 Å². The third kappa shape index (κ3) is 0.311. The molecule has 0 saturated heterocycles. The van der Waals surface area contributed by atoms with E-state index in [9.17, 15) is 0 Å². The monoisotopic (exact) mass is 95.1 g/mol. The Morgan fingerprint density at radius 2 is 2.29 bits per heavy atom. The van der Waals surface area contributed by atoms with Gasteiger partial charge in [0.1, 0.15) is 0 Å². The van der Waals surface area contributed by atoms with Crippen molar-refractivity contribution in [3.05, 3.63) is 0 Å². The second-order valence-electron chi connectivity index (χ2n) is 2.63. The molecule has 0 radical (unpaired) electrons. The van der Waals surface area contributed by atoms with Crippen molar-refractivity contribution in [2.45, 2.75) is 19.3 Å². The van der Waals surface area contributed by atoms with Gasteiger partial charge < -0.3 is 0 Å². The van der Waals surface area contributed by atoms with Crippen LogP contribution in [-0.2, 0) is 0 Å². The average Bonchev–Trinajstić information content (AvgIpc) is 2.52. The quantitative estimate of drug-likeness (QED) is 0.429. The number of rotatable bonds is 0. The van der Waals surface area contributed by atoms with E-state index >= 15 is 0 Å². The van der Waals surface area contributed by atoms with Gasteiger partial charge in [-0.25, -0.2) is 0 Å². The molecule has 2 saturated carbocycles. The summed E-state index contributed by atoms with van der Waals surface area (Å²) in [7, 11) is 1.91. The third-order valence-electron chi connectivity index (χ3n) is 2.12. The summed E-state index contributed by atoms with van der Waals surface area (Å²) in [6.45, 7) is 0. The second-order valence-corrected chi connectivity index (χ2v) is 2.63. The lowest BCUT2D eigenvalue weighted by molar-refractivity contribution is 0.958. The van der Waals surface area contributed by atoms with Gasteiger partial charge in [-0.2, -0.15) is 0 Å². The normalized spacial score (nSPS) is 37.0. The fourth-order valence-electron chi connectivity index (χ4n) is 1.21. The van der Waals surface area contributed by atoms with Gasteiger partial charge >= 0.3 is 0 Å². The molecule has 0 N–H and O–H groups in total. The zero-order chi connectivity index (χ0) is 4.91. The molecular formula is C6H9N. The van der Waals surface area contributed by atoms with E-state index in [1.807, 2.05) is 7.05 Å². The van der Waals surface area contributed by atoms with E-state index in [0.29, 0.717) is 0 Å². The number of hydrogen-bond donors (Lipinski definition) is 0. The molecule has 2 fully saturated rings. The summed E-state index contributed by atoms with van der Waals surface area (Å²) in [4.78, 5) is 4.13. The fraction of sp³-hybridized carbons (Fsp3) is 0.833.